The average Bonchev–Trinajstić information content (AvgIpc) is 2.49. The van der Waals surface area contributed by atoms with Crippen molar-refractivity contribution in [2.45, 2.75) is 45.4 Å². The van der Waals surface area contributed by atoms with Crippen molar-refractivity contribution in [3.63, 3.8) is 0 Å². The van der Waals surface area contributed by atoms with Gasteiger partial charge in [0.1, 0.15) is 0 Å². The molecule has 0 aromatic heterocycles. The maximum absolute atomic E-state index is 5.75. The van der Waals surface area contributed by atoms with E-state index in [0.717, 1.165) is 37.6 Å². The quantitative estimate of drug-likeness (QED) is 0.586. The van der Waals surface area contributed by atoms with Gasteiger partial charge in [-0.15, -0.1) is 0 Å². The Morgan fingerprint density at radius 3 is 2.35 bits per heavy atom. The van der Waals surface area contributed by atoms with Crippen LogP contribution in [0.1, 0.15) is 45.4 Å². The van der Waals surface area contributed by atoms with E-state index < -0.39 is 0 Å². The van der Waals surface area contributed by atoms with E-state index in [4.69, 9.17) is 9.47 Å². The molecule has 3 heteroatoms. The molecule has 0 radical (unpaired) electrons. The van der Waals surface area contributed by atoms with Gasteiger partial charge in [0, 0.05) is 0 Å². The third kappa shape index (κ3) is 7.39. The van der Waals surface area contributed by atoms with Crippen molar-refractivity contribution in [3.8, 4) is 11.5 Å². The average molecular weight is 279 g/mol. The third-order valence-electron chi connectivity index (χ3n) is 3.28. The molecule has 20 heavy (non-hydrogen) atoms. The summed E-state index contributed by atoms with van der Waals surface area (Å²) in [5, 5.41) is 3.47. The minimum atomic E-state index is 0.767. The first-order chi connectivity index (χ1) is 9.88. The van der Waals surface area contributed by atoms with Crippen LogP contribution in [0.3, 0.4) is 0 Å². The molecule has 0 atom stereocenters. The lowest BCUT2D eigenvalue weighted by molar-refractivity contribution is 0.285. The van der Waals surface area contributed by atoms with Crippen LogP contribution in [-0.2, 0) is 0 Å². The molecule has 0 fully saturated rings. The zero-order chi connectivity index (χ0) is 14.5. The van der Waals surface area contributed by atoms with Crippen molar-refractivity contribution in [1.82, 2.24) is 5.32 Å². The molecule has 0 heterocycles. The van der Waals surface area contributed by atoms with Crippen molar-refractivity contribution in [2.75, 3.05) is 26.8 Å². The van der Waals surface area contributed by atoms with E-state index in [9.17, 15) is 0 Å². The van der Waals surface area contributed by atoms with Gasteiger partial charge in [0.25, 0.3) is 0 Å². The largest absolute Gasteiger partial charge is 0.493 e. The molecular weight excluding hydrogens is 250 g/mol. The summed E-state index contributed by atoms with van der Waals surface area (Å²) in [5.74, 6) is 1.66. The van der Waals surface area contributed by atoms with E-state index in [1.165, 1.54) is 32.1 Å². The van der Waals surface area contributed by atoms with E-state index in [1.54, 1.807) is 7.11 Å². The van der Waals surface area contributed by atoms with Gasteiger partial charge in [-0.2, -0.15) is 0 Å². The highest BCUT2D eigenvalue weighted by molar-refractivity contribution is 5.39. The zero-order valence-electron chi connectivity index (χ0n) is 13.0. The van der Waals surface area contributed by atoms with Gasteiger partial charge in [-0.3, -0.25) is 0 Å². The topological polar surface area (TPSA) is 30.5 Å². The molecule has 0 saturated carbocycles. The summed E-state index contributed by atoms with van der Waals surface area (Å²) >= 11 is 0. The summed E-state index contributed by atoms with van der Waals surface area (Å²) in [7, 11) is 1.67. The number of ether oxygens (including phenoxy) is 2. The standard InChI is InChI=1S/C17H29NO2/c1-3-4-13-18-14-9-5-6-10-15-20-17-12-8-7-11-16(17)19-2/h7-8,11-12,18H,3-6,9-10,13-15H2,1-2H3. The van der Waals surface area contributed by atoms with Crippen molar-refractivity contribution in [2.24, 2.45) is 0 Å². The van der Waals surface area contributed by atoms with Gasteiger partial charge in [0.2, 0.25) is 0 Å². The fourth-order valence-electron chi connectivity index (χ4n) is 2.05. The Bertz CT molecular complexity index is 342. The molecule has 0 aliphatic carbocycles. The van der Waals surface area contributed by atoms with E-state index >= 15 is 0 Å². The Labute approximate surface area is 123 Å². The van der Waals surface area contributed by atoms with Crippen LogP contribution in [0.2, 0.25) is 0 Å². The van der Waals surface area contributed by atoms with Gasteiger partial charge in [0.05, 0.1) is 13.7 Å². The summed E-state index contributed by atoms with van der Waals surface area (Å²) in [4.78, 5) is 0. The van der Waals surface area contributed by atoms with Gasteiger partial charge in [0.15, 0.2) is 11.5 Å². The molecule has 0 aliphatic heterocycles. The molecule has 0 amide bonds. The minimum absolute atomic E-state index is 0.767. The lowest BCUT2D eigenvalue weighted by Gasteiger charge is -2.10. The lowest BCUT2D eigenvalue weighted by atomic mass is 10.2. The number of hydrogen-bond acceptors (Lipinski definition) is 3. The van der Waals surface area contributed by atoms with Crippen LogP contribution in [0.25, 0.3) is 0 Å². The smallest absolute Gasteiger partial charge is 0.161 e. The van der Waals surface area contributed by atoms with Crippen LogP contribution in [0, 0.1) is 0 Å². The molecule has 1 aromatic carbocycles. The van der Waals surface area contributed by atoms with Crippen LogP contribution in [0.4, 0.5) is 0 Å². The molecular formula is C17H29NO2. The molecule has 1 aromatic rings. The number of unbranched alkanes of at least 4 members (excludes halogenated alkanes) is 4. The first-order valence-corrected chi connectivity index (χ1v) is 7.85. The number of benzene rings is 1. The highest BCUT2D eigenvalue weighted by Gasteiger charge is 2.01. The van der Waals surface area contributed by atoms with Crippen molar-refractivity contribution < 1.29 is 9.47 Å². The Balaban J connectivity index is 1.97. The second kappa shape index (κ2) is 11.6. The third-order valence-corrected chi connectivity index (χ3v) is 3.28. The van der Waals surface area contributed by atoms with Crippen molar-refractivity contribution in [1.29, 1.82) is 0 Å². The summed E-state index contributed by atoms with van der Waals surface area (Å²) in [6.45, 7) is 5.30. The van der Waals surface area contributed by atoms with Crippen molar-refractivity contribution >= 4 is 0 Å². The monoisotopic (exact) mass is 279 g/mol. The Morgan fingerprint density at radius 1 is 0.900 bits per heavy atom. The SMILES string of the molecule is CCCCNCCCCCCOc1ccccc1OC. The fraction of sp³-hybridized carbons (Fsp3) is 0.647. The summed E-state index contributed by atoms with van der Waals surface area (Å²) in [5.41, 5.74) is 0. The molecule has 0 spiro atoms. The van der Waals surface area contributed by atoms with Gasteiger partial charge in [-0.25, -0.2) is 0 Å². The molecule has 0 unspecified atom stereocenters. The van der Waals surface area contributed by atoms with E-state index in [2.05, 4.69) is 12.2 Å². The second-order valence-electron chi connectivity index (χ2n) is 5.02. The Hall–Kier alpha value is -1.22. The van der Waals surface area contributed by atoms with Gasteiger partial charge < -0.3 is 14.8 Å². The molecule has 114 valence electrons. The van der Waals surface area contributed by atoms with Gasteiger partial charge >= 0.3 is 0 Å². The molecule has 3 nitrogen and oxygen atoms in total. The number of methoxy groups -OCH3 is 1. The molecule has 0 bridgehead atoms. The van der Waals surface area contributed by atoms with E-state index in [-0.39, 0.29) is 0 Å². The predicted molar refractivity (Wildman–Crippen MR) is 84.7 cm³/mol. The summed E-state index contributed by atoms with van der Waals surface area (Å²) in [6, 6.07) is 7.81. The first kappa shape index (κ1) is 16.8. The van der Waals surface area contributed by atoms with E-state index in [1.807, 2.05) is 24.3 Å². The Kier molecular flexibility index (Phi) is 9.76. The highest BCUT2D eigenvalue weighted by Crippen LogP contribution is 2.25. The normalized spacial score (nSPS) is 10.5. The molecule has 1 rings (SSSR count). The summed E-state index contributed by atoms with van der Waals surface area (Å²) in [6.07, 6.45) is 7.42. The Morgan fingerprint density at radius 2 is 1.60 bits per heavy atom. The summed E-state index contributed by atoms with van der Waals surface area (Å²) < 4.78 is 11.0. The molecule has 0 saturated heterocycles. The number of rotatable bonds is 12. The van der Waals surface area contributed by atoms with Crippen LogP contribution in [0.15, 0.2) is 24.3 Å². The highest BCUT2D eigenvalue weighted by atomic mass is 16.5. The zero-order valence-corrected chi connectivity index (χ0v) is 13.0. The van der Waals surface area contributed by atoms with Crippen molar-refractivity contribution in [3.05, 3.63) is 24.3 Å². The van der Waals surface area contributed by atoms with Gasteiger partial charge in [-0.05, 0) is 44.5 Å². The van der Waals surface area contributed by atoms with Crippen LogP contribution in [0.5, 0.6) is 11.5 Å². The van der Waals surface area contributed by atoms with Crippen LogP contribution >= 0.6 is 0 Å². The molecule has 0 aliphatic rings. The maximum atomic E-state index is 5.75. The number of hydrogen-bond donors (Lipinski definition) is 1. The van der Waals surface area contributed by atoms with E-state index in [0.29, 0.717) is 0 Å². The van der Waals surface area contributed by atoms with Crippen LogP contribution < -0.4 is 14.8 Å². The molecule has 1 N–H and O–H groups in total. The second-order valence-corrected chi connectivity index (χ2v) is 5.02. The van der Waals surface area contributed by atoms with Gasteiger partial charge in [-0.1, -0.05) is 38.3 Å². The first-order valence-electron chi connectivity index (χ1n) is 7.85. The number of nitrogens with one attached hydrogen (secondary N) is 1. The fourth-order valence-corrected chi connectivity index (χ4v) is 2.05. The predicted octanol–water partition coefficient (Wildman–Crippen LogP) is 4.02. The number of para-hydroxylation sites is 2. The maximum Gasteiger partial charge on any atom is 0.161 e. The minimum Gasteiger partial charge on any atom is -0.493 e. The lowest BCUT2D eigenvalue weighted by Crippen LogP contribution is -2.16. The van der Waals surface area contributed by atoms with Crippen LogP contribution in [-0.4, -0.2) is 26.8 Å².